The Bertz CT molecular complexity index is 305. The van der Waals surface area contributed by atoms with Gasteiger partial charge in [0.05, 0.1) is 6.61 Å². The van der Waals surface area contributed by atoms with Crippen LogP contribution in [0, 0.1) is 0 Å². The van der Waals surface area contributed by atoms with Crippen LogP contribution in [0.15, 0.2) is 0 Å². The second-order valence-electron chi connectivity index (χ2n) is 6.28. The van der Waals surface area contributed by atoms with Gasteiger partial charge in [-0.1, -0.05) is 0 Å². The van der Waals surface area contributed by atoms with E-state index in [1.165, 1.54) is 0 Å². The van der Waals surface area contributed by atoms with Gasteiger partial charge in [-0.3, -0.25) is 15.0 Å². The molecule has 0 amide bonds. The molecule has 1 rings (SSSR count). The molecule has 5 nitrogen and oxygen atoms in total. The molecule has 1 atom stereocenters. The molecule has 2 N–H and O–H groups in total. The van der Waals surface area contributed by atoms with E-state index in [-0.39, 0.29) is 0 Å². The van der Waals surface area contributed by atoms with Crippen molar-refractivity contribution in [3.05, 3.63) is 0 Å². The Labute approximate surface area is 122 Å². The lowest BCUT2D eigenvalue weighted by Crippen LogP contribution is -2.51. The molecule has 0 aromatic heterocycles. The van der Waals surface area contributed by atoms with E-state index in [4.69, 9.17) is 4.74 Å². The van der Waals surface area contributed by atoms with Crippen LogP contribution in [-0.2, 0) is 9.53 Å². The first kappa shape index (κ1) is 17.4. The third kappa shape index (κ3) is 5.77. The Kier molecular flexibility index (Phi) is 6.92. The average Bonchev–Trinajstić information content (AvgIpc) is 3.16. The standard InChI is InChI=1S/C15H30N2O3/c1-12(2)17(10-11-20-4)9-5-8-15(3,14(18)19)16-13-6-7-13/h12-13,16H,5-11H2,1-4H3,(H,18,19). The number of nitrogens with one attached hydrogen (secondary N) is 1. The van der Waals surface area contributed by atoms with Crippen molar-refractivity contribution < 1.29 is 14.6 Å². The van der Waals surface area contributed by atoms with Crippen LogP contribution in [0.2, 0.25) is 0 Å². The SMILES string of the molecule is COCCN(CCCC(C)(NC1CC1)C(=O)O)C(C)C. The van der Waals surface area contributed by atoms with Crippen molar-refractivity contribution in [2.24, 2.45) is 0 Å². The highest BCUT2D eigenvalue weighted by Crippen LogP contribution is 2.25. The summed E-state index contributed by atoms with van der Waals surface area (Å²) in [6, 6.07) is 0.864. The molecule has 0 spiro atoms. The number of methoxy groups -OCH3 is 1. The van der Waals surface area contributed by atoms with E-state index in [2.05, 4.69) is 24.1 Å². The predicted molar refractivity (Wildman–Crippen MR) is 80.0 cm³/mol. The zero-order valence-corrected chi connectivity index (χ0v) is 13.3. The Morgan fingerprint density at radius 1 is 1.45 bits per heavy atom. The monoisotopic (exact) mass is 286 g/mol. The highest BCUT2D eigenvalue weighted by Gasteiger charge is 2.37. The number of ether oxygens (including phenoxy) is 1. The first-order valence-corrected chi connectivity index (χ1v) is 7.63. The van der Waals surface area contributed by atoms with E-state index in [1.54, 1.807) is 7.11 Å². The van der Waals surface area contributed by atoms with Crippen LogP contribution < -0.4 is 5.32 Å². The lowest BCUT2D eigenvalue weighted by atomic mass is 9.95. The van der Waals surface area contributed by atoms with Crippen molar-refractivity contribution in [2.75, 3.05) is 26.8 Å². The van der Waals surface area contributed by atoms with Gasteiger partial charge in [-0.15, -0.1) is 0 Å². The predicted octanol–water partition coefficient (Wildman–Crippen LogP) is 1.72. The van der Waals surface area contributed by atoms with Crippen LogP contribution in [0.4, 0.5) is 0 Å². The Morgan fingerprint density at radius 2 is 2.10 bits per heavy atom. The molecule has 1 saturated carbocycles. The second-order valence-corrected chi connectivity index (χ2v) is 6.28. The normalized spacial score (nSPS) is 18.5. The third-order valence-corrected chi connectivity index (χ3v) is 4.01. The quantitative estimate of drug-likeness (QED) is 0.605. The second kappa shape index (κ2) is 7.96. The fourth-order valence-corrected chi connectivity index (χ4v) is 2.39. The summed E-state index contributed by atoms with van der Waals surface area (Å²) in [6.07, 6.45) is 3.75. The molecule has 0 aliphatic heterocycles. The maximum absolute atomic E-state index is 11.5. The maximum atomic E-state index is 11.5. The largest absolute Gasteiger partial charge is 0.480 e. The van der Waals surface area contributed by atoms with E-state index in [9.17, 15) is 9.90 Å². The molecule has 0 aromatic rings. The fourth-order valence-electron chi connectivity index (χ4n) is 2.39. The molecule has 1 unspecified atom stereocenters. The molecule has 0 saturated heterocycles. The van der Waals surface area contributed by atoms with E-state index in [1.807, 2.05) is 6.92 Å². The number of hydrogen-bond acceptors (Lipinski definition) is 4. The summed E-state index contributed by atoms with van der Waals surface area (Å²) in [6.45, 7) is 8.66. The van der Waals surface area contributed by atoms with Gasteiger partial charge in [0.1, 0.15) is 5.54 Å². The van der Waals surface area contributed by atoms with E-state index in [0.717, 1.165) is 32.4 Å². The Balaban J connectivity index is 2.39. The van der Waals surface area contributed by atoms with Crippen molar-refractivity contribution in [2.45, 2.75) is 64.1 Å². The van der Waals surface area contributed by atoms with Crippen molar-refractivity contribution in [3.8, 4) is 0 Å². The van der Waals surface area contributed by atoms with E-state index >= 15 is 0 Å². The summed E-state index contributed by atoms with van der Waals surface area (Å²) in [5.74, 6) is -0.739. The van der Waals surface area contributed by atoms with Crippen LogP contribution in [0.25, 0.3) is 0 Å². The van der Waals surface area contributed by atoms with Gasteiger partial charge in [-0.25, -0.2) is 0 Å². The Morgan fingerprint density at radius 3 is 2.55 bits per heavy atom. The molecule has 0 heterocycles. The van der Waals surface area contributed by atoms with Crippen molar-refractivity contribution in [3.63, 3.8) is 0 Å². The number of carboxylic acids is 1. The van der Waals surface area contributed by atoms with Crippen LogP contribution >= 0.6 is 0 Å². The highest BCUT2D eigenvalue weighted by atomic mass is 16.5. The molecule has 1 aliphatic carbocycles. The van der Waals surface area contributed by atoms with Gasteiger partial charge in [0, 0.05) is 25.7 Å². The summed E-state index contributed by atoms with van der Waals surface area (Å²) in [7, 11) is 1.71. The van der Waals surface area contributed by atoms with Gasteiger partial charge in [-0.05, 0) is 53.0 Å². The van der Waals surface area contributed by atoms with Gasteiger partial charge in [-0.2, -0.15) is 0 Å². The minimum Gasteiger partial charge on any atom is -0.480 e. The number of hydrogen-bond donors (Lipinski definition) is 2. The minimum atomic E-state index is -0.787. The molecule has 0 radical (unpaired) electrons. The summed E-state index contributed by atoms with van der Waals surface area (Å²) in [5, 5.41) is 12.7. The molecule has 20 heavy (non-hydrogen) atoms. The van der Waals surface area contributed by atoms with Crippen LogP contribution in [0.1, 0.15) is 46.5 Å². The molecule has 0 bridgehead atoms. The lowest BCUT2D eigenvalue weighted by molar-refractivity contribution is -0.144. The van der Waals surface area contributed by atoms with E-state index in [0.29, 0.717) is 25.1 Å². The van der Waals surface area contributed by atoms with Crippen LogP contribution in [0.3, 0.4) is 0 Å². The molecule has 1 fully saturated rings. The zero-order chi connectivity index (χ0) is 15.2. The molecule has 5 heteroatoms. The van der Waals surface area contributed by atoms with Crippen molar-refractivity contribution in [1.29, 1.82) is 0 Å². The summed E-state index contributed by atoms with van der Waals surface area (Å²) < 4.78 is 5.12. The summed E-state index contributed by atoms with van der Waals surface area (Å²) in [5.41, 5.74) is -0.787. The van der Waals surface area contributed by atoms with Gasteiger partial charge >= 0.3 is 5.97 Å². The molecular formula is C15H30N2O3. The molecule has 0 aromatic carbocycles. The topological polar surface area (TPSA) is 61.8 Å². The first-order chi connectivity index (χ1) is 9.39. The number of nitrogens with zero attached hydrogens (tertiary/aromatic N) is 1. The van der Waals surface area contributed by atoms with Gasteiger partial charge < -0.3 is 9.84 Å². The van der Waals surface area contributed by atoms with E-state index < -0.39 is 11.5 Å². The molecule has 118 valence electrons. The van der Waals surface area contributed by atoms with Crippen LogP contribution in [0.5, 0.6) is 0 Å². The van der Waals surface area contributed by atoms with Gasteiger partial charge in [0.2, 0.25) is 0 Å². The summed E-state index contributed by atoms with van der Waals surface area (Å²) in [4.78, 5) is 13.8. The molecule has 1 aliphatic rings. The molecular weight excluding hydrogens is 256 g/mol. The minimum absolute atomic E-state index is 0.408. The third-order valence-electron chi connectivity index (χ3n) is 4.01. The van der Waals surface area contributed by atoms with Crippen molar-refractivity contribution in [1.82, 2.24) is 10.2 Å². The Hall–Kier alpha value is -0.650. The smallest absolute Gasteiger partial charge is 0.323 e. The lowest BCUT2D eigenvalue weighted by Gasteiger charge is -2.30. The highest BCUT2D eigenvalue weighted by molar-refractivity contribution is 5.78. The zero-order valence-electron chi connectivity index (χ0n) is 13.3. The number of carbonyl (C=O) groups is 1. The van der Waals surface area contributed by atoms with Gasteiger partial charge in [0.15, 0.2) is 0 Å². The maximum Gasteiger partial charge on any atom is 0.323 e. The summed E-state index contributed by atoms with van der Waals surface area (Å²) >= 11 is 0. The fraction of sp³-hybridized carbons (Fsp3) is 0.933. The number of rotatable bonds is 11. The first-order valence-electron chi connectivity index (χ1n) is 7.63. The average molecular weight is 286 g/mol. The number of carboxylic acid groups (broad SMARTS) is 1. The van der Waals surface area contributed by atoms with Crippen molar-refractivity contribution >= 4 is 5.97 Å². The van der Waals surface area contributed by atoms with Gasteiger partial charge in [0.25, 0.3) is 0 Å². The van der Waals surface area contributed by atoms with Crippen LogP contribution in [-0.4, -0.2) is 60.4 Å². The number of aliphatic carboxylic acids is 1.